The molecule has 5 aromatic rings. The van der Waals surface area contributed by atoms with Gasteiger partial charge < -0.3 is 5.73 Å². The van der Waals surface area contributed by atoms with Crippen molar-refractivity contribution < 1.29 is 51.9 Å². The summed E-state index contributed by atoms with van der Waals surface area (Å²) in [6, 6.07) is 14.7. The first-order valence-electron chi connectivity index (χ1n) is 12.5. The molecule has 0 radical (unpaired) electrons. The van der Waals surface area contributed by atoms with E-state index in [9.17, 15) is 51.9 Å². The van der Waals surface area contributed by atoms with E-state index in [2.05, 4.69) is 20.5 Å². The number of nitrogens with two attached hydrogens (primary N) is 1. The van der Waals surface area contributed by atoms with Gasteiger partial charge in [-0.05, 0) is 60.7 Å². The molecule has 5 rings (SSSR count). The van der Waals surface area contributed by atoms with Crippen molar-refractivity contribution in [2.45, 2.75) is 19.6 Å². The first-order valence-corrected chi connectivity index (χ1v) is 18.3. The molecule has 6 N–H and O–H groups in total. The van der Waals surface area contributed by atoms with Crippen molar-refractivity contribution in [1.82, 2.24) is 0 Å². The van der Waals surface area contributed by atoms with E-state index in [1.54, 1.807) is 0 Å². The predicted molar refractivity (Wildman–Crippen MR) is 166 cm³/mol. The van der Waals surface area contributed by atoms with E-state index >= 15 is 0 Å². The number of nitrogens with zero attached hydrogens (tertiary/aromatic N) is 4. The molecule has 5 aromatic carbocycles. The van der Waals surface area contributed by atoms with Crippen LogP contribution in [0.3, 0.4) is 0 Å². The minimum atomic E-state index is -4.96. The second-order valence-corrected chi connectivity index (χ2v) is 15.2. The van der Waals surface area contributed by atoms with Gasteiger partial charge in [-0.15, -0.1) is 20.5 Å². The number of azo groups is 2. The summed E-state index contributed by atoms with van der Waals surface area (Å²) in [5.74, 6) is 0. The minimum Gasteiger partial charge on any atom is -0.398 e. The van der Waals surface area contributed by atoms with E-state index in [4.69, 9.17) is 5.73 Å². The normalized spacial score (nSPS) is 13.3. The van der Waals surface area contributed by atoms with Crippen LogP contribution in [0, 0.1) is 0 Å². The molecule has 0 aromatic heterocycles. The summed E-state index contributed by atoms with van der Waals surface area (Å²) in [7, 11) is -19.2. The molecule has 0 spiro atoms. The predicted octanol–water partition coefficient (Wildman–Crippen LogP) is 5.39. The zero-order valence-electron chi connectivity index (χ0n) is 23.1. The quantitative estimate of drug-likeness (QED) is 0.0763. The molecular weight excluding hydrogens is 703 g/mol. The van der Waals surface area contributed by atoms with E-state index in [0.717, 1.165) is 18.2 Å². The van der Waals surface area contributed by atoms with Gasteiger partial charge in [0.1, 0.15) is 15.5 Å². The maximum atomic E-state index is 11.9. The molecular formula is C26H19N5O12S4. The van der Waals surface area contributed by atoms with Gasteiger partial charge in [-0.3, -0.25) is 18.2 Å². The maximum Gasteiger partial charge on any atom is 0.296 e. The van der Waals surface area contributed by atoms with Crippen LogP contribution in [0.2, 0.25) is 0 Å². The van der Waals surface area contributed by atoms with Crippen LogP contribution < -0.4 is 5.73 Å². The third-order valence-electron chi connectivity index (χ3n) is 6.57. The number of hydrogen-bond donors (Lipinski definition) is 5. The molecule has 0 atom stereocenters. The summed E-state index contributed by atoms with van der Waals surface area (Å²) in [5.41, 5.74) is 5.37. The highest BCUT2D eigenvalue weighted by atomic mass is 32.2. The number of rotatable bonds is 8. The van der Waals surface area contributed by atoms with Crippen molar-refractivity contribution in [1.29, 1.82) is 0 Å². The molecule has 0 aliphatic heterocycles. The molecule has 21 heteroatoms. The largest absolute Gasteiger partial charge is 0.398 e. The standard InChI is InChI=1S/C26H19N5O12S4/c27-19-7-8-21(17-2-1-3-25(26(17)19)47(41,42)43)29-28-20-9-10-22(18-12-14(44(32,33)34)4-6-16(18)20)30-31-23-13-15(45(35,36)37)5-11-24(23)46(38,39)40/h1-13H,27H2,(H,32,33,34)(H,35,36,37)(H,38,39,40)(H,41,42,43). The van der Waals surface area contributed by atoms with Crippen molar-refractivity contribution >= 4 is 90.5 Å². The highest BCUT2D eigenvalue weighted by Gasteiger charge is 2.21. The number of hydrogen-bond acceptors (Lipinski definition) is 13. The van der Waals surface area contributed by atoms with Gasteiger partial charge in [0.25, 0.3) is 40.5 Å². The lowest BCUT2D eigenvalue weighted by molar-refractivity contribution is 0.478. The van der Waals surface area contributed by atoms with E-state index in [-0.39, 0.29) is 44.3 Å². The molecule has 17 nitrogen and oxygen atoms in total. The summed E-state index contributed by atoms with van der Waals surface area (Å²) < 4.78 is 133. The van der Waals surface area contributed by atoms with Crippen molar-refractivity contribution in [3.8, 4) is 0 Å². The van der Waals surface area contributed by atoms with Crippen LogP contribution in [0.5, 0.6) is 0 Å². The zero-order chi connectivity index (χ0) is 34.5. The first-order chi connectivity index (χ1) is 21.7. The van der Waals surface area contributed by atoms with Crippen LogP contribution in [0.25, 0.3) is 21.5 Å². The molecule has 0 amide bonds. The van der Waals surface area contributed by atoms with Crippen LogP contribution in [0.15, 0.2) is 119 Å². The number of anilines is 1. The fourth-order valence-electron chi connectivity index (χ4n) is 4.49. The molecule has 244 valence electrons. The van der Waals surface area contributed by atoms with Crippen LogP contribution in [-0.4, -0.2) is 51.9 Å². The Balaban J connectivity index is 1.69. The van der Waals surface area contributed by atoms with E-state index in [1.165, 1.54) is 42.5 Å². The van der Waals surface area contributed by atoms with Gasteiger partial charge in [0.05, 0.1) is 26.9 Å². The highest BCUT2D eigenvalue weighted by molar-refractivity contribution is 7.86. The van der Waals surface area contributed by atoms with Gasteiger partial charge in [0.15, 0.2) is 0 Å². The lowest BCUT2D eigenvalue weighted by Crippen LogP contribution is -2.02. The summed E-state index contributed by atoms with van der Waals surface area (Å²) in [5, 5.41) is 16.3. The monoisotopic (exact) mass is 721 g/mol. The second kappa shape index (κ2) is 11.8. The van der Waals surface area contributed by atoms with Crippen LogP contribution in [0.1, 0.15) is 0 Å². The minimum absolute atomic E-state index is 0.00723. The Morgan fingerprint density at radius 2 is 0.936 bits per heavy atom. The average Bonchev–Trinajstić information content (AvgIpc) is 2.97. The Bertz CT molecular complexity index is 2640. The topological polar surface area (TPSA) is 293 Å². The molecule has 0 bridgehead atoms. The first kappa shape index (κ1) is 33.6. The van der Waals surface area contributed by atoms with Crippen molar-refractivity contribution in [2.75, 3.05) is 5.73 Å². The van der Waals surface area contributed by atoms with Crippen LogP contribution in [-0.2, 0) is 40.5 Å². The average molecular weight is 722 g/mol. The molecule has 0 saturated carbocycles. The molecule has 47 heavy (non-hydrogen) atoms. The van der Waals surface area contributed by atoms with Crippen molar-refractivity contribution in [3.63, 3.8) is 0 Å². The maximum absolute atomic E-state index is 11.9. The van der Waals surface area contributed by atoms with Gasteiger partial charge in [-0.2, -0.15) is 33.7 Å². The fourth-order valence-corrected chi connectivity index (χ4v) is 6.83. The number of fused-ring (bicyclic) bond motifs is 2. The van der Waals surface area contributed by atoms with Crippen molar-refractivity contribution in [3.05, 3.63) is 78.9 Å². The zero-order valence-corrected chi connectivity index (χ0v) is 26.3. The molecule has 0 aliphatic carbocycles. The Hall–Kier alpha value is -4.74. The third kappa shape index (κ3) is 7.01. The van der Waals surface area contributed by atoms with Gasteiger partial charge in [0, 0.05) is 27.2 Å². The summed E-state index contributed by atoms with van der Waals surface area (Å²) >= 11 is 0. The summed E-state index contributed by atoms with van der Waals surface area (Å²) in [4.78, 5) is -2.67. The lowest BCUT2D eigenvalue weighted by atomic mass is 10.1. The van der Waals surface area contributed by atoms with E-state index < -0.39 is 65.7 Å². The third-order valence-corrected chi connectivity index (χ3v) is 10.1. The summed E-state index contributed by atoms with van der Waals surface area (Å²) in [6.45, 7) is 0. The van der Waals surface area contributed by atoms with Gasteiger partial charge >= 0.3 is 0 Å². The van der Waals surface area contributed by atoms with Crippen LogP contribution in [0.4, 0.5) is 28.4 Å². The molecule has 0 saturated heterocycles. The van der Waals surface area contributed by atoms with E-state index in [1.807, 2.05) is 0 Å². The molecule has 0 heterocycles. The van der Waals surface area contributed by atoms with Crippen molar-refractivity contribution in [2.24, 2.45) is 20.5 Å². The van der Waals surface area contributed by atoms with E-state index in [0.29, 0.717) is 18.2 Å². The van der Waals surface area contributed by atoms with Gasteiger partial charge in [-0.1, -0.05) is 18.2 Å². The Morgan fingerprint density at radius 3 is 1.51 bits per heavy atom. The Kier molecular flexibility index (Phi) is 8.45. The van der Waals surface area contributed by atoms with Crippen LogP contribution >= 0.6 is 0 Å². The smallest absolute Gasteiger partial charge is 0.296 e. The molecule has 0 fully saturated rings. The summed E-state index contributed by atoms with van der Waals surface area (Å²) in [6.07, 6.45) is 0. The number of benzene rings is 5. The Labute approximate surface area is 266 Å². The van der Waals surface area contributed by atoms with Gasteiger partial charge in [0.2, 0.25) is 0 Å². The fraction of sp³-hybridized carbons (Fsp3) is 0. The molecule has 0 aliphatic rings. The van der Waals surface area contributed by atoms with Gasteiger partial charge in [-0.25, -0.2) is 0 Å². The highest BCUT2D eigenvalue weighted by Crippen LogP contribution is 2.39. The lowest BCUT2D eigenvalue weighted by Gasteiger charge is -2.09. The second-order valence-electron chi connectivity index (χ2n) is 9.59. The Morgan fingerprint density at radius 1 is 0.447 bits per heavy atom. The SMILES string of the molecule is Nc1ccc(N=Nc2ccc(N=Nc3cc(S(=O)(=O)O)ccc3S(=O)(=O)O)c3cc(S(=O)(=O)O)ccc23)c2cccc(S(=O)(=O)O)c12. The number of nitrogen functional groups attached to an aromatic ring is 1. The molecule has 0 unspecified atom stereocenters.